The van der Waals surface area contributed by atoms with Gasteiger partial charge in [0.1, 0.15) is 16.9 Å². The van der Waals surface area contributed by atoms with E-state index in [1.165, 1.54) is 6.07 Å². The first kappa shape index (κ1) is 17.4. The second-order valence-electron chi connectivity index (χ2n) is 7.45. The largest absolute Gasteiger partial charge is 0.433 e. The molecule has 5 rings (SSSR count). The molecule has 28 heavy (non-hydrogen) atoms. The normalized spacial score (nSPS) is 24.1. The van der Waals surface area contributed by atoms with E-state index in [-0.39, 0.29) is 18.8 Å². The number of carbonyl (C=O) groups is 1. The van der Waals surface area contributed by atoms with Gasteiger partial charge in [-0.25, -0.2) is 4.98 Å². The average Bonchev–Trinajstić information content (AvgIpc) is 3.02. The van der Waals surface area contributed by atoms with Gasteiger partial charge in [-0.1, -0.05) is 24.3 Å². The highest BCUT2D eigenvalue weighted by Gasteiger charge is 2.53. The molecule has 1 aromatic heterocycles. The van der Waals surface area contributed by atoms with Gasteiger partial charge >= 0.3 is 6.18 Å². The lowest BCUT2D eigenvalue weighted by Crippen LogP contribution is -2.56. The molecule has 1 unspecified atom stereocenters. The summed E-state index contributed by atoms with van der Waals surface area (Å²) in [4.78, 5) is 23.2. The van der Waals surface area contributed by atoms with Crippen molar-refractivity contribution < 1.29 is 23.1 Å². The van der Waals surface area contributed by atoms with E-state index < -0.39 is 29.3 Å². The van der Waals surface area contributed by atoms with Gasteiger partial charge in [-0.3, -0.25) is 4.79 Å². The Bertz CT molecular complexity index is 1030. The van der Waals surface area contributed by atoms with Crippen molar-refractivity contribution in [2.45, 2.75) is 30.5 Å². The molecule has 1 saturated heterocycles. The van der Waals surface area contributed by atoms with Crippen molar-refractivity contribution in [3.8, 4) is 0 Å². The molecular formula is C20H16F3N3O2. The Hall–Kier alpha value is -2.74. The Morgan fingerprint density at radius 1 is 1.14 bits per heavy atom. The van der Waals surface area contributed by atoms with E-state index in [1.54, 1.807) is 17.0 Å². The first-order valence-electron chi connectivity index (χ1n) is 9.04. The Balaban J connectivity index is 1.75. The van der Waals surface area contributed by atoms with Gasteiger partial charge in [0, 0.05) is 18.7 Å². The monoisotopic (exact) mass is 387 g/mol. The number of benzene rings is 1. The molecule has 1 N–H and O–H groups in total. The quantitative estimate of drug-likeness (QED) is 0.753. The number of alkyl halides is 3. The van der Waals surface area contributed by atoms with Crippen LogP contribution >= 0.6 is 0 Å². The highest BCUT2D eigenvalue weighted by Crippen LogP contribution is 2.48. The third-order valence-electron chi connectivity index (χ3n) is 5.81. The third-order valence-corrected chi connectivity index (χ3v) is 5.81. The topological polar surface area (TPSA) is 65.8 Å². The predicted octanol–water partition coefficient (Wildman–Crippen LogP) is 2.30. The van der Waals surface area contributed by atoms with E-state index in [9.17, 15) is 23.1 Å². The van der Waals surface area contributed by atoms with E-state index in [1.807, 2.05) is 12.1 Å². The minimum absolute atomic E-state index is 0.115. The van der Waals surface area contributed by atoms with Gasteiger partial charge in [-0.05, 0) is 36.1 Å². The standard InChI is InChI=1S/C20H16F3N3O2/c21-20(22,23)15-6-5-13-16(24-15)19(8-7-11-3-1-2-4-14(11)19)18(28)25-17(13)26-9-12(27)10-26/h1-6,12,27H,7-10H2. The summed E-state index contributed by atoms with van der Waals surface area (Å²) >= 11 is 0. The predicted molar refractivity (Wildman–Crippen MR) is 93.9 cm³/mol. The molecule has 1 spiro atoms. The van der Waals surface area contributed by atoms with Crippen molar-refractivity contribution in [3.63, 3.8) is 0 Å². The van der Waals surface area contributed by atoms with Crippen LogP contribution in [0.15, 0.2) is 41.4 Å². The van der Waals surface area contributed by atoms with Crippen molar-refractivity contribution in [2.24, 2.45) is 4.99 Å². The maximum absolute atomic E-state index is 13.4. The molecule has 1 aliphatic carbocycles. The van der Waals surface area contributed by atoms with Crippen LogP contribution in [0.4, 0.5) is 13.2 Å². The van der Waals surface area contributed by atoms with E-state index >= 15 is 0 Å². The molecule has 2 aliphatic heterocycles. The minimum Gasteiger partial charge on any atom is -0.389 e. The molecule has 0 saturated carbocycles. The average molecular weight is 387 g/mol. The maximum atomic E-state index is 13.4. The fraction of sp³-hybridized carbons (Fsp3) is 0.350. The number of β-amino-alcohol motifs (C(OH)–C–C–N with tert-alkyl or cyclic N) is 1. The van der Waals surface area contributed by atoms with Gasteiger partial charge in [0.25, 0.3) is 5.91 Å². The molecule has 3 heterocycles. The first-order valence-corrected chi connectivity index (χ1v) is 9.04. The number of halogens is 3. The molecule has 1 amide bonds. The summed E-state index contributed by atoms with van der Waals surface area (Å²) in [6.45, 7) is 0.576. The van der Waals surface area contributed by atoms with Crippen LogP contribution in [-0.4, -0.2) is 45.9 Å². The Labute approximate surface area is 158 Å². The molecular weight excluding hydrogens is 371 g/mol. The zero-order valence-corrected chi connectivity index (χ0v) is 14.7. The lowest BCUT2D eigenvalue weighted by Gasteiger charge is -2.42. The summed E-state index contributed by atoms with van der Waals surface area (Å²) in [5.41, 5.74) is -0.161. The second kappa shape index (κ2) is 5.64. The number of rotatable bonds is 0. The number of amidine groups is 1. The number of hydrogen-bond acceptors (Lipinski definition) is 4. The molecule has 1 atom stereocenters. The van der Waals surface area contributed by atoms with Crippen LogP contribution in [0.2, 0.25) is 0 Å². The zero-order valence-electron chi connectivity index (χ0n) is 14.7. The summed E-state index contributed by atoms with van der Waals surface area (Å²) in [5.74, 6) is -0.199. The molecule has 0 bridgehead atoms. The number of aliphatic hydroxyl groups excluding tert-OH is 1. The molecule has 1 fully saturated rings. The van der Waals surface area contributed by atoms with E-state index in [4.69, 9.17) is 0 Å². The second-order valence-corrected chi connectivity index (χ2v) is 7.45. The van der Waals surface area contributed by atoms with Crippen LogP contribution in [-0.2, 0) is 22.8 Å². The van der Waals surface area contributed by atoms with Crippen molar-refractivity contribution in [1.82, 2.24) is 9.88 Å². The van der Waals surface area contributed by atoms with Crippen LogP contribution < -0.4 is 0 Å². The lowest BCUT2D eigenvalue weighted by atomic mass is 9.74. The molecule has 0 radical (unpaired) electrons. The number of amides is 1. The summed E-state index contributed by atoms with van der Waals surface area (Å²) < 4.78 is 40.2. The highest BCUT2D eigenvalue weighted by molar-refractivity contribution is 6.14. The summed E-state index contributed by atoms with van der Waals surface area (Å²) in [6.07, 6.45) is -4.23. The Morgan fingerprint density at radius 3 is 2.61 bits per heavy atom. The van der Waals surface area contributed by atoms with Crippen molar-refractivity contribution in [2.75, 3.05) is 13.1 Å². The van der Waals surface area contributed by atoms with Gasteiger partial charge in [0.05, 0.1) is 11.8 Å². The lowest BCUT2D eigenvalue weighted by molar-refractivity contribution is -0.141. The summed E-state index contributed by atoms with van der Waals surface area (Å²) in [7, 11) is 0. The SMILES string of the molecule is O=C1N=C(N2CC(O)C2)c2ccc(C(F)(F)F)nc2C12CCc1ccccc12. The summed E-state index contributed by atoms with van der Waals surface area (Å²) in [6, 6.07) is 9.56. The minimum atomic E-state index is -4.61. The number of aryl methyl sites for hydroxylation is 1. The molecule has 144 valence electrons. The van der Waals surface area contributed by atoms with Crippen molar-refractivity contribution in [3.05, 3.63) is 64.5 Å². The van der Waals surface area contributed by atoms with Crippen LogP contribution in [0, 0.1) is 0 Å². The van der Waals surface area contributed by atoms with Gasteiger partial charge < -0.3 is 10.0 Å². The van der Waals surface area contributed by atoms with Gasteiger partial charge in [0.15, 0.2) is 0 Å². The number of pyridine rings is 1. The molecule has 3 aliphatic rings. The highest BCUT2D eigenvalue weighted by atomic mass is 19.4. The number of likely N-dealkylation sites (tertiary alicyclic amines) is 1. The van der Waals surface area contributed by atoms with Crippen molar-refractivity contribution in [1.29, 1.82) is 0 Å². The number of nitrogens with zero attached hydrogens (tertiary/aromatic N) is 3. The van der Waals surface area contributed by atoms with E-state index in [0.717, 1.165) is 11.6 Å². The number of carbonyl (C=O) groups excluding carboxylic acids is 1. The number of aromatic nitrogens is 1. The molecule has 8 heteroatoms. The molecule has 2 aromatic rings. The van der Waals surface area contributed by atoms with Crippen LogP contribution in [0.5, 0.6) is 0 Å². The number of hydrogen-bond donors (Lipinski definition) is 1. The zero-order chi connectivity index (χ0) is 19.7. The van der Waals surface area contributed by atoms with Gasteiger partial charge in [-0.15, -0.1) is 0 Å². The van der Waals surface area contributed by atoms with Gasteiger partial charge in [-0.2, -0.15) is 18.2 Å². The fourth-order valence-electron chi connectivity index (χ4n) is 4.42. The summed E-state index contributed by atoms with van der Waals surface area (Å²) in [5, 5.41) is 9.60. The number of fused-ring (bicyclic) bond motifs is 4. The van der Waals surface area contributed by atoms with Crippen LogP contribution in [0.3, 0.4) is 0 Å². The molecule has 5 nitrogen and oxygen atoms in total. The smallest absolute Gasteiger partial charge is 0.389 e. The Kier molecular flexibility index (Phi) is 3.49. The molecule has 1 aromatic carbocycles. The van der Waals surface area contributed by atoms with Gasteiger partial charge in [0.2, 0.25) is 0 Å². The Morgan fingerprint density at radius 2 is 1.89 bits per heavy atom. The van der Waals surface area contributed by atoms with Crippen molar-refractivity contribution >= 4 is 11.7 Å². The van der Waals surface area contributed by atoms with Crippen LogP contribution in [0.25, 0.3) is 0 Å². The number of aliphatic hydroxyl groups is 1. The van der Waals surface area contributed by atoms with Crippen LogP contribution in [0.1, 0.15) is 34.5 Å². The number of aliphatic imine (C=N–C) groups is 1. The van der Waals surface area contributed by atoms with E-state index in [0.29, 0.717) is 29.8 Å². The fourth-order valence-corrected chi connectivity index (χ4v) is 4.42. The maximum Gasteiger partial charge on any atom is 0.433 e. The first-order chi connectivity index (χ1) is 13.3. The third kappa shape index (κ3) is 2.27. The van der Waals surface area contributed by atoms with E-state index in [2.05, 4.69) is 9.98 Å².